The third kappa shape index (κ3) is 6.26. The standard InChI is InChI=1S/C25H28N2OSi/c1-29(2)27(20-21-12-6-3-7-13-21)26-24(22-14-8-4-9-15-22)18-19-25(28)23-16-10-5-11-17-23/h3-17,29H,18-20H2,1-2H3. The molecule has 0 bridgehead atoms. The minimum atomic E-state index is -1.18. The molecule has 0 saturated heterocycles. The first-order chi connectivity index (χ1) is 14.1. The van der Waals surface area contributed by atoms with E-state index in [4.69, 9.17) is 5.10 Å². The topological polar surface area (TPSA) is 32.7 Å². The van der Waals surface area contributed by atoms with Gasteiger partial charge in [0.25, 0.3) is 0 Å². The second kappa shape index (κ2) is 10.5. The summed E-state index contributed by atoms with van der Waals surface area (Å²) in [5.74, 6) is 0.158. The molecule has 3 aromatic rings. The van der Waals surface area contributed by atoms with Gasteiger partial charge in [-0.15, -0.1) is 0 Å². The Hall–Kier alpha value is -2.98. The minimum absolute atomic E-state index is 0.158. The van der Waals surface area contributed by atoms with E-state index in [0.29, 0.717) is 12.8 Å². The molecule has 0 radical (unpaired) electrons. The molecule has 3 rings (SSSR count). The molecular formula is C25H28N2OSi. The Morgan fingerprint density at radius 2 is 1.28 bits per heavy atom. The van der Waals surface area contributed by atoms with Gasteiger partial charge in [0.15, 0.2) is 14.7 Å². The van der Waals surface area contributed by atoms with Crippen LogP contribution < -0.4 is 0 Å². The Bertz CT molecular complexity index is 925. The highest BCUT2D eigenvalue weighted by Gasteiger charge is 2.14. The van der Waals surface area contributed by atoms with Gasteiger partial charge in [0.05, 0.1) is 12.3 Å². The molecule has 0 aromatic heterocycles. The number of nitrogens with zero attached hydrogens (tertiary/aromatic N) is 2. The van der Waals surface area contributed by atoms with Crippen LogP contribution >= 0.6 is 0 Å². The maximum absolute atomic E-state index is 12.6. The number of hydrazone groups is 1. The first-order valence-corrected chi connectivity index (χ1v) is 13.0. The number of hydrogen-bond donors (Lipinski definition) is 0. The number of rotatable bonds is 9. The lowest BCUT2D eigenvalue weighted by atomic mass is 10.0. The Morgan fingerprint density at radius 1 is 0.759 bits per heavy atom. The Kier molecular flexibility index (Phi) is 7.53. The Balaban J connectivity index is 1.82. The number of hydrogen-bond acceptors (Lipinski definition) is 3. The number of carbonyl (C=O) groups is 1. The molecule has 29 heavy (non-hydrogen) atoms. The summed E-state index contributed by atoms with van der Waals surface area (Å²) in [4.78, 5) is 12.6. The van der Waals surface area contributed by atoms with Gasteiger partial charge < -0.3 is 4.67 Å². The summed E-state index contributed by atoms with van der Waals surface area (Å²) in [6.07, 6.45) is 1.08. The van der Waals surface area contributed by atoms with E-state index in [2.05, 4.69) is 54.2 Å². The van der Waals surface area contributed by atoms with E-state index in [1.807, 2.05) is 54.6 Å². The molecule has 0 aliphatic carbocycles. The zero-order valence-electron chi connectivity index (χ0n) is 17.2. The van der Waals surface area contributed by atoms with E-state index in [-0.39, 0.29) is 5.78 Å². The van der Waals surface area contributed by atoms with Gasteiger partial charge in [-0.2, -0.15) is 5.10 Å². The van der Waals surface area contributed by atoms with Crippen molar-refractivity contribution in [3.8, 4) is 0 Å². The summed E-state index contributed by atoms with van der Waals surface area (Å²) >= 11 is 0. The molecule has 4 heteroatoms. The van der Waals surface area contributed by atoms with Crippen molar-refractivity contribution in [1.82, 2.24) is 4.67 Å². The molecule has 0 unspecified atom stereocenters. The van der Waals surface area contributed by atoms with Crippen LogP contribution in [-0.4, -0.2) is 25.1 Å². The molecule has 0 saturated carbocycles. The number of Topliss-reactive ketones (excluding diaryl/α,β-unsaturated/α-hetero) is 1. The van der Waals surface area contributed by atoms with E-state index in [9.17, 15) is 4.79 Å². The van der Waals surface area contributed by atoms with Crippen LogP contribution in [0.4, 0.5) is 0 Å². The van der Waals surface area contributed by atoms with Crippen molar-refractivity contribution in [2.45, 2.75) is 32.5 Å². The molecule has 0 aliphatic heterocycles. The van der Waals surface area contributed by atoms with Gasteiger partial charge in [-0.05, 0) is 17.5 Å². The van der Waals surface area contributed by atoms with Gasteiger partial charge >= 0.3 is 0 Å². The predicted molar refractivity (Wildman–Crippen MR) is 124 cm³/mol. The molecule has 0 amide bonds. The highest BCUT2D eigenvalue weighted by molar-refractivity contribution is 6.52. The molecule has 3 aromatic carbocycles. The number of ketones is 1. The van der Waals surface area contributed by atoms with Gasteiger partial charge in [-0.1, -0.05) is 104 Å². The van der Waals surface area contributed by atoms with Crippen LogP contribution in [0.1, 0.15) is 34.3 Å². The van der Waals surface area contributed by atoms with Crippen LogP contribution in [-0.2, 0) is 6.54 Å². The summed E-state index contributed by atoms with van der Waals surface area (Å²) < 4.78 is 2.24. The fraction of sp³-hybridized carbons (Fsp3) is 0.200. The normalized spacial score (nSPS) is 11.5. The highest BCUT2D eigenvalue weighted by atomic mass is 28.3. The lowest BCUT2D eigenvalue weighted by molar-refractivity contribution is 0.0985. The molecule has 0 atom stereocenters. The average Bonchev–Trinajstić information content (AvgIpc) is 2.77. The first-order valence-electron chi connectivity index (χ1n) is 10.1. The second-order valence-corrected chi connectivity index (χ2v) is 10.2. The number of benzene rings is 3. The zero-order chi connectivity index (χ0) is 20.5. The Morgan fingerprint density at radius 3 is 1.83 bits per heavy atom. The fourth-order valence-electron chi connectivity index (χ4n) is 3.14. The fourth-order valence-corrected chi connectivity index (χ4v) is 4.09. The van der Waals surface area contributed by atoms with E-state index in [1.54, 1.807) is 0 Å². The van der Waals surface area contributed by atoms with Crippen LogP contribution in [0.15, 0.2) is 96.1 Å². The second-order valence-electron chi connectivity index (χ2n) is 7.38. The van der Waals surface area contributed by atoms with E-state index in [1.165, 1.54) is 5.56 Å². The highest BCUT2D eigenvalue weighted by Crippen LogP contribution is 2.14. The monoisotopic (exact) mass is 400 g/mol. The average molecular weight is 401 g/mol. The van der Waals surface area contributed by atoms with Crippen molar-refractivity contribution in [3.63, 3.8) is 0 Å². The van der Waals surface area contributed by atoms with Crippen molar-refractivity contribution in [3.05, 3.63) is 108 Å². The van der Waals surface area contributed by atoms with E-state index >= 15 is 0 Å². The Labute approximate surface area is 175 Å². The molecule has 0 fully saturated rings. The van der Waals surface area contributed by atoms with Crippen LogP contribution in [0.5, 0.6) is 0 Å². The maximum atomic E-state index is 12.6. The molecule has 0 N–H and O–H groups in total. The SMILES string of the molecule is C[SiH](C)N(Cc1ccccc1)N=C(CCC(=O)c1ccccc1)c1ccccc1. The molecular weight excluding hydrogens is 372 g/mol. The summed E-state index contributed by atoms with van der Waals surface area (Å²) in [5, 5.41) is 5.07. The van der Waals surface area contributed by atoms with Crippen molar-refractivity contribution in [1.29, 1.82) is 0 Å². The zero-order valence-corrected chi connectivity index (χ0v) is 18.3. The van der Waals surface area contributed by atoms with E-state index in [0.717, 1.165) is 23.4 Å². The van der Waals surface area contributed by atoms with Gasteiger partial charge in [-0.3, -0.25) is 4.79 Å². The largest absolute Gasteiger partial charge is 0.324 e. The smallest absolute Gasteiger partial charge is 0.163 e. The molecule has 3 nitrogen and oxygen atoms in total. The van der Waals surface area contributed by atoms with Crippen LogP contribution in [0.2, 0.25) is 13.1 Å². The van der Waals surface area contributed by atoms with Gasteiger partial charge in [-0.25, -0.2) is 0 Å². The van der Waals surface area contributed by atoms with E-state index < -0.39 is 8.96 Å². The maximum Gasteiger partial charge on any atom is 0.163 e. The minimum Gasteiger partial charge on any atom is -0.324 e. The summed E-state index contributed by atoms with van der Waals surface area (Å²) in [6, 6.07) is 30.2. The van der Waals surface area contributed by atoms with Gasteiger partial charge in [0.2, 0.25) is 0 Å². The van der Waals surface area contributed by atoms with Crippen molar-refractivity contribution in [2.24, 2.45) is 5.10 Å². The third-order valence-corrected chi connectivity index (χ3v) is 6.31. The molecule has 0 heterocycles. The lowest BCUT2D eigenvalue weighted by Crippen LogP contribution is -2.30. The summed E-state index contributed by atoms with van der Waals surface area (Å²) in [5.41, 5.74) is 4.08. The molecule has 0 aliphatic rings. The van der Waals surface area contributed by atoms with Gasteiger partial charge in [0, 0.05) is 12.0 Å². The van der Waals surface area contributed by atoms with Crippen molar-refractivity contribution < 1.29 is 4.79 Å². The van der Waals surface area contributed by atoms with Crippen molar-refractivity contribution >= 4 is 20.5 Å². The predicted octanol–water partition coefficient (Wildman–Crippen LogP) is 5.54. The molecule has 148 valence electrons. The lowest BCUT2D eigenvalue weighted by Gasteiger charge is -2.25. The third-order valence-electron chi connectivity index (χ3n) is 4.82. The van der Waals surface area contributed by atoms with Crippen LogP contribution in [0, 0.1) is 0 Å². The summed E-state index contributed by atoms with van der Waals surface area (Å²) in [7, 11) is -1.18. The van der Waals surface area contributed by atoms with Crippen molar-refractivity contribution in [2.75, 3.05) is 0 Å². The van der Waals surface area contributed by atoms with Crippen LogP contribution in [0.25, 0.3) is 0 Å². The molecule has 0 spiro atoms. The van der Waals surface area contributed by atoms with Crippen LogP contribution in [0.3, 0.4) is 0 Å². The summed E-state index contributed by atoms with van der Waals surface area (Å²) in [6.45, 7) is 5.36. The first kappa shape index (κ1) is 20.7. The quantitative estimate of drug-likeness (QED) is 0.204. The van der Waals surface area contributed by atoms with Gasteiger partial charge in [0.1, 0.15) is 0 Å². The number of carbonyl (C=O) groups excluding carboxylic acids is 1.